The molecule has 0 saturated carbocycles. The van der Waals surface area contributed by atoms with Crippen molar-refractivity contribution in [1.82, 2.24) is 5.32 Å². The third-order valence-corrected chi connectivity index (χ3v) is 14.8. The Hall–Kier alpha value is -3.67. The quantitative estimate of drug-likeness (QED) is 0.0261. The van der Waals surface area contributed by atoms with Crippen LogP contribution in [0.15, 0.2) is 134 Å². The average Bonchev–Trinajstić information content (AvgIpc) is 3.49. The van der Waals surface area contributed by atoms with Gasteiger partial charge in [0, 0.05) is 6.42 Å². The van der Waals surface area contributed by atoms with Crippen LogP contribution in [0, 0.1) is 0 Å². The van der Waals surface area contributed by atoms with Gasteiger partial charge in [-0.2, -0.15) is 0 Å². The summed E-state index contributed by atoms with van der Waals surface area (Å²) in [5, 5.41) is 54.8. The van der Waals surface area contributed by atoms with Gasteiger partial charge in [-0.15, -0.1) is 0 Å². The lowest BCUT2D eigenvalue weighted by atomic mass is 9.99. The van der Waals surface area contributed by atoms with Crippen molar-refractivity contribution in [3.63, 3.8) is 0 Å². The number of amides is 1. The summed E-state index contributed by atoms with van der Waals surface area (Å²) in [6.45, 7) is 3.72. The second-order valence-electron chi connectivity index (χ2n) is 22.2. The average molecular weight is 1130 g/mol. The Morgan fingerprint density at radius 2 is 0.765 bits per heavy atom. The molecule has 0 radical (unpaired) electrons. The number of ether oxygens (including phenoxy) is 2. The number of allylic oxidation sites excluding steroid dienone is 22. The van der Waals surface area contributed by atoms with Gasteiger partial charge in [-0.05, 0) is 96.3 Å². The molecule has 1 saturated heterocycles. The van der Waals surface area contributed by atoms with Gasteiger partial charge in [0.2, 0.25) is 5.91 Å². The largest absolute Gasteiger partial charge is 0.394 e. The van der Waals surface area contributed by atoms with Gasteiger partial charge in [0.25, 0.3) is 0 Å². The molecule has 0 bridgehead atoms. The van der Waals surface area contributed by atoms with Crippen LogP contribution < -0.4 is 5.32 Å². The Morgan fingerprint density at radius 3 is 1.14 bits per heavy atom. The van der Waals surface area contributed by atoms with Crippen LogP contribution in [-0.4, -0.2) is 87.5 Å². The van der Waals surface area contributed by atoms with Gasteiger partial charge < -0.3 is 40.3 Å². The van der Waals surface area contributed by atoms with Crippen molar-refractivity contribution in [2.45, 2.75) is 301 Å². The van der Waals surface area contributed by atoms with Gasteiger partial charge in [-0.25, -0.2) is 0 Å². The molecule has 462 valence electrons. The summed E-state index contributed by atoms with van der Waals surface area (Å²) in [6, 6.07) is -0.735. The Kier molecular flexibility index (Phi) is 55.3. The highest BCUT2D eigenvalue weighted by Crippen LogP contribution is 2.23. The van der Waals surface area contributed by atoms with Crippen molar-refractivity contribution in [2.75, 3.05) is 13.2 Å². The summed E-state index contributed by atoms with van der Waals surface area (Å²) >= 11 is 0. The van der Waals surface area contributed by atoms with Crippen molar-refractivity contribution in [3.05, 3.63) is 134 Å². The highest BCUT2D eigenvalue weighted by Gasteiger charge is 2.44. The van der Waals surface area contributed by atoms with E-state index >= 15 is 0 Å². The number of carbonyl (C=O) groups excluding carboxylic acids is 1. The number of aliphatic hydroxyl groups excluding tert-OH is 5. The van der Waals surface area contributed by atoms with Crippen LogP contribution in [0.4, 0.5) is 0 Å². The summed E-state index contributed by atoms with van der Waals surface area (Å²) in [5.41, 5.74) is 0. The van der Waals surface area contributed by atoms with Crippen LogP contribution in [0.5, 0.6) is 0 Å². The van der Waals surface area contributed by atoms with Crippen molar-refractivity contribution in [1.29, 1.82) is 0 Å². The first-order valence-corrected chi connectivity index (χ1v) is 32.9. The Bertz CT molecular complexity index is 1740. The second-order valence-corrected chi connectivity index (χ2v) is 22.2. The molecule has 7 atom stereocenters. The van der Waals surface area contributed by atoms with E-state index in [9.17, 15) is 30.3 Å². The Labute approximate surface area is 496 Å². The molecule has 0 aliphatic carbocycles. The second kappa shape index (κ2) is 59.5. The lowest BCUT2D eigenvalue weighted by Crippen LogP contribution is -2.60. The zero-order valence-electron chi connectivity index (χ0n) is 51.5. The van der Waals surface area contributed by atoms with Crippen molar-refractivity contribution < 1.29 is 39.8 Å². The van der Waals surface area contributed by atoms with Crippen molar-refractivity contribution in [3.8, 4) is 0 Å². The highest BCUT2D eigenvalue weighted by molar-refractivity contribution is 5.76. The molecule has 1 aliphatic rings. The van der Waals surface area contributed by atoms with Gasteiger partial charge in [0.05, 0.1) is 25.4 Å². The SMILES string of the molecule is CC/C=C\C/C=C\C/C=C\C/C=C\C/C=C\C/C=C\C/C=C\C/C=C\C/C=C\C/C=C\C/C=C\CCCCCCCCCC(=O)NC(COC1OC(CO)C(O)C(O)C1O)C(O)CCCCCCCCCCCCCCCCCCC. The molecule has 0 aromatic heterocycles. The molecule has 1 rings (SSSR count). The maximum atomic E-state index is 13.1. The van der Waals surface area contributed by atoms with E-state index in [1.54, 1.807) is 0 Å². The first-order valence-electron chi connectivity index (χ1n) is 32.9. The molecule has 1 amide bonds. The Morgan fingerprint density at radius 1 is 0.432 bits per heavy atom. The molecule has 9 heteroatoms. The van der Waals surface area contributed by atoms with Gasteiger partial charge in [-0.3, -0.25) is 4.79 Å². The van der Waals surface area contributed by atoms with Crippen LogP contribution in [0.2, 0.25) is 0 Å². The van der Waals surface area contributed by atoms with E-state index in [-0.39, 0.29) is 12.5 Å². The molecule has 6 N–H and O–H groups in total. The number of hydrogen-bond acceptors (Lipinski definition) is 8. The Balaban J connectivity index is 2.15. The maximum Gasteiger partial charge on any atom is 0.220 e. The van der Waals surface area contributed by atoms with Gasteiger partial charge in [0.15, 0.2) is 6.29 Å². The molecule has 1 heterocycles. The normalized spacial score (nSPS) is 19.3. The van der Waals surface area contributed by atoms with E-state index in [0.29, 0.717) is 12.8 Å². The van der Waals surface area contributed by atoms with E-state index in [0.717, 1.165) is 122 Å². The number of hydrogen-bond donors (Lipinski definition) is 6. The molecule has 7 unspecified atom stereocenters. The fraction of sp³-hybridized carbons (Fsp3) is 0.681. The highest BCUT2D eigenvalue weighted by atomic mass is 16.7. The summed E-state index contributed by atoms with van der Waals surface area (Å²) in [4.78, 5) is 13.1. The molecule has 0 aromatic rings. The minimum absolute atomic E-state index is 0.149. The minimum atomic E-state index is -1.56. The summed E-state index contributed by atoms with van der Waals surface area (Å²) < 4.78 is 11.3. The smallest absolute Gasteiger partial charge is 0.220 e. The van der Waals surface area contributed by atoms with Gasteiger partial charge in [-0.1, -0.05) is 289 Å². The fourth-order valence-electron chi connectivity index (χ4n) is 9.64. The van der Waals surface area contributed by atoms with Crippen molar-refractivity contribution >= 4 is 5.91 Å². The standard InChI is InChI=1S/C72H121NO8/c1-3-5-7-9-11-13-15-17-19-21-22-23-24-25-26-27-28-29-30-31-32-33-34-35-36-37-38-39-40-41-42-43-44-46-48-50-52-54-56-58-60-62-68(76)73-65(64-80-72-71(79)70(78)69(77)67(63-74)81-72)66(75)61-59-57-55-53-51-49-47-45-20-18-16-14-12-10-8-6-4-2/h5,7,11,13,17,19,22-23,25-26,28-29,31-32,34-35,37-38,40-41,43-44,65-67,69-72,74-75,77-79H,3-4,6,8-10,12,14-16,18,20-21,24,27,30,33,36,39,42,45-64H2,1-2H3,(H,73,76)/b7-5-,13-11-,19-17-,23-22-,26-25-,29-28-,32-31-,35-34-,38-37-,41-40-,44-43-. The third-order valence-electron chi connectivity index (χ3n) is 14.8. The van der Waals surface area contributed by atoms with Crippen molar-refractivity contribution in [2.24, 2.45) is 0 Å². The molecule has 81 heavy (non-hydrogen) atoms. The summed E-state index contributed by atoms with van der Waals surface area (Å²) in [5.74, 6) is -0.159. The molecule has 1 fully saturated rings. The summed E-state index contributed by atoms with van der Waals surface area (Å²) in [6.07, 6.45) is 83.5. The van der Waals surface area contributed by atoms with E-state index < -0.39 is 49.5 Å². The van der Waals surface area contributed by atoms with Gasteiger partial charge >= 0.3 is 0 Å². The minimum Gasteiger partial charge on any atom is -0.394 e. The molecule has 1 aliphatic heterocycles. The van der Waals surface area contributed by atoms with Gasteiger partial charge in [0.1, 0.15) is 24.4 Å². The molecule has 9 nitrogen and oxygen atoms in total. The number of nitrogens with one attached hydrogen (secondary N) is 1. The zero-order chi connectivity index (χ0) is 58.6. The number of carbonyl (C=O) groups is 1. The van der Waals surface area contributed by atoms with E-state index in [4.69, 9.17) is 9.47 Å². The van der Waals surface area contributed by atoms with Crippen LogP contribution in [-0.2, 0) is 14.3 Å². The monoisotopic (exact) mass is 1130 g/mol. The number of unbranched alkanes of at least 4 members (excludes halogenated alkanes) is 23. The van der Waals surface area contributed by atoms with Crippen LogP contribution >= 0.6 is 0 Å². The molecule has 0 aromatic carbocycles. The third kappa shape index (κ3) is 48.4. The van der Waals surface area contributed by atoms with E-state index in [2.05, 4.69) is 153 Å². The van der Waals surface area contributed by atoms with E-state index in [1.165, 1.54) is 109 Å². The maximum absolute atomic E-state index is 13.1. The first-order chi connectivity index (χ1) is 39.8. The lowest BCUT2D eigenvalue weighted by molar-refractivity contribution is -0.302. The predicted octanol–water partition coefficient (Wildman–Crippen LogP) is 17.6. The molecule has 0 spiro atoms. The fourth-order valence-corrected chi connectivity index (χ4v) is 9.64. The lowest BCUT2D eigenvalue weighted by Gasteiger charge is -2.40. The van der Waals surface area contributed by atoms with Crippen LogP contribution in [0.25, 0.3) is 0 Å². The molecular formula is C72H121NO8. The summed E-state index contributed by atoms with van der Waals surface area (Å²) in [7, 11) is 0. The van der Waals surface area contributed by atoms with Crippen LogP contribution in [0.1, 0.15) is 258 Å². The predicted molar refractivity (Wildman–Crippen MR) is 345 cm³/mol. The topological polar surface area (TPSA) is 149 Å². The number of rotatable bonds is 55. The zero-order valence-corrected chi connectivity index (χ0v) is 51.5. The van der Waals surface area contributed by atoms with E-state index in [1.807, 2.05) is 0 Å². The van der Waals surface area contributed by atoms with Crippen LogP contribution in [0.3, 0.4) is 0 Å². The molecular weight excluding hydrogens is 1010 g/mol. The number of aliphatic hydroxyl groups is 5. The first kappa shape index (κ1) is 75.3.